The molecule has 1 aromatic carbocycles. The standard InChI is InChI=1S/C19H22ClF2NO.C7H13NO.Os/c1-4-10(2)18(24)23-17(19(3)8-11-7-12(11)9-19)15-14(21)6-5-13(20)16(15)22;1-4-5(2)6(3)7(8)9;/h5-6,10-12,17H,1-2,4,7-9H2,3H3,(H,23,24);4-6H,1H2,2-3H3,(H2,8,9);/q-2;;+2. The smallest absolute Gasteiger partial charge is 0.369 e. The fourth-order valence-electron chi connectivity index (χ4n) is 4.58. The number of carbonyl (C=O) groups is 2. The number of fused-ring (bicyclic) bond motifs is 1. The minimum Gasteiger partial charge on any atom is -0.369 e. The quantitative estimate of drug-likeness (QED) is 0.208. The molecule has 34 heavy (non-hydrogen) atoms. The van der Waals surface area contributed by atoms with Gasteiger partial charge in [0.25, 0.3) is 0 Å². The number of hydrogen-bond donors (Lipinski definition) is 2. The Morgan fingerprint density at radius 1 is 1.32 bits per heavy atom. The molecule has 0 heterocycles. The molecule has 1 aromatic rings. The van der Waals surface area contributed by atoms with E-state index < -0.39 is 29.0 Å². The van der Waals surface area contributed by atoms with E-state index in [0.717, 1.165) is 18.9 Å². The van der Waals surface area contributed by atoms with Gasteiger partial charge in [0.2, 0.25) is 5.91 Å². The molecular formula is C26H35ClF2N2O2Os. The van der Waals surface area contributed by atoms with E-state index in [1.54, 1.807) is 13.0 Å². The van der Waals surface area contributed by atoms with Crippen molar-refractivity contribution in [3.05, 3.63) is 60.9 Å². The van der Waals surface area contributed by atoms with Crippen molar-refractivity contribution in [3.63, 3.8) is 0 Å². The number of benzene rings is 1. The molecule has 2 saturated carbocycles. The Labute approximate surface area is 220 Å². The van der Waals surface area contributed by atoms with Crippen molar-refractivity contribution in [2.75, 3.05) is 0 Å². The Hall–Kier alpha value is -1.31. The monoisotopic (exact) mass is 672 g/mol. The van der Waals surface area contributed by atoms with E-state index in [4.69, 9.17) is 17.3 Å². The van der Waals surface area contributed by atoms with Crippen LogP contribution in [-0.4, -0.2) is 11.8 Å². The average molecular weight is 671 g/mol. The maximum absolute atomic E-state index is 14.6. The maximum atomic E-state index is 14.6. The molecule has 2 amide bonds. The number of rotatable bonds is 8. The number of hydrogen-bond acceptors (Lipinski definition) is 2. The summed E-state index contributed by atoms with van der Waals surface area (Å²) in [6.07, 6.45) is 4.92. The minimum atomic E-state index is -0.793. The summed E-state index contributed by atoms with van der Waals surface area (Å²) in [5.74, 6) is -1.34. The van der Waals surface area contributed by atoms with Crippen molar-refractivity contribution < 1.29 is 38.2 Å². The molecule has 2 aliphatic carbocycles. The van der Waals surface area contributed by atoms with Crippen LogP contribution in [0, 0.1) is 60.5 Å². The first-order valence-corrected chi connectivity index (χ1v) is 11.7. The van der Waals surface area contributed by atoms with Gasteiger partial charge in [-0.25, -0.2) is 8.78 Å². The van der Waals surface area contributed by atoms with Crippen molar-refractivity contribution >= 4 is 23.4 Å². The van der Waals surface area contributed by atoms with E-state index in [9.17, 15) is 18.4 Å². The Morgan fingerprint density at radius 3 is 2.32 bits per heavy atom. The first-order chi connectivity index (χ1) is 15.4. The van der Waals surface area contributed by atoms with Crippen LogP contribution >= 0.6 is 11.6 Å². The van der Waals surface area contributed by atoms with Crippen LogP contribution in [0.2, 0.25) is 5.02 Å². The van der Waals surface area contributed by atoms with Crippen LogP contribution in [0.25, 0.3) is 0 Å². The molecular weight excluding hydrogens is 636 g/mol. The summed E-state index contributed by atoms with van der Waals surface area (Å²) in [4.78, 5) is 22.8. The molecule has 2 aliphatic rings. The summed E-state index contributed by atoms with van der Waals surface area (Å²) in [6, 6.07) is 1.60. The van der Waals surface area contributed by atoms with E-state index in [1.807, 2.05) is 13.8 Å². The second-order valence-corrected chi connectivity index (χ2v) is 10.2. The van der Waals surface area contributed by atoms with Crippen molar-refractivity contribution in [3.8, 4) is 0 Å². The van der Waals surface area contributed by atoms with Crippen molar-refractivity contribution in [1.29, 1.82) is 0 Å². The molecule has 0 spiro atoms. The zero-order valence-electron chi connectivity index (χ0n) is 20.0. The third kappa shape index (κ3) is 7.11. The van der Waals surface area contributed by atoms with Crippen molar-refractivity contribution in [2.45, 2.75) is 52.5 Å². The first kappa shape index (κ1) is 30.7. The van der Waals surface area contributed by atoms with Crippen LogP contribution in [0.15, 0.2) is 24.8 Å². The molecule has 6 atom stereocenters. The third-order valence-corrected chi connectivity index (χ3v) is 7.50. The molecule has 2 fully saturated rings. The van der Waals surface area contributed by atoms with E-state index in [1.165, 1.54) is 12.5 Å². The number of halogens is 3. The minimum absolute atomic E-state index is 0. The predicted molar refractivity (Wildman–Crippen MR) is 128 cm³/mol. The SMILES string of the molecule is C=CC(C)C(C)C(N)=O.[CH2-]CC([CH2-])C(=O)NC(c1c(F)ccc(Cl)c1F)C1(C)CC2CC2C1.[Os+2]. The summed E-state index contributed by atoms with van der Waals surface area (Å²) in [5.41, 5.74) is 4.49. The zero-order valence-corrected chi connectivity index (χ0v) is 23.3. The van der Waals surface area contributed by atoms with Crippen LogP contribution in [0.4, 0.5) is 8.78 Å². The first-order valence-electron chi connectivity index (χ1n) is 11.3. The van der Waals surface area contributed by atoms with E-state index in [0.29, 0.717) is 18.3 Å². The third-order valence-electron chi connectivity index (χ3n) is 7.21. The van der Waals surface area contributed by atoms with Crippen LogP contribution in [0.3, 0.4) is 0 Å². The molecule has 0 saturated heterocycles. The van der Waals surface area contributed by atoms with Crippen LogP contribution in [0.5, 0.6) is 0 Å². The number of primary amides is 1. The Morgan fingerprint density at radius 2 is 1.88 bits per heavy atom. The molecule has 4 nitrogen and oxygen atoms in total. The Balaban J connectivity index is 0.000000496. The summed E-state index contributed by atoms with van der Waals surface area (Å²) in [5, 5.41) is 2.70. The molecule has 6 unspecified atom stereocenters. The number of nitrogens with one attached hydrogen (secondary N) is 1. The van der Waals surface area contributed by atoms with Gasteiger partial charge in [-0.05, 0) is 54.6 Å². The normalized spacial score (nSPS) is 25.9. The Bertz CT molecular complexity index is 888. The average Bonchev–Trinajstić information content (AvgIpc) is 3.40. The largest absolute Gasteiger partial charge is 2.00 e. The van der Waals surface area contributed by atoms with Gasteiger partial charge in [-0.1, -0.05) is 38.4 Å². The summed E-state index contributed by atoms with van der Waals surface area (Å²) in [7, 11) is 0. The van der Waals surface area contributed by atoms with Gasteiger partial charge in [-0.15, -0.1) is 12.5 Å². The molecule has 0 bridgehead atoms. The topological polar surface area (TPSA) is 72.2 Å². The van der Waals surface area contributed by atoms with E-state index in [2.05, 4.69) is 25.7 Å². The van der Waals surface area contributed by atoms with Crippen LogP contribution in [0.1, 0.15) is 58.1 Å². The van der Waals surface area contributed by atoms with Gasteiger partial charge in [0.15, 0.2) is 5.91 Å². The summed E-state index contributed by atoms with van der Waals surface area (Å²) >= 11 is 5.87. The van der Waals surface area contributed by atoms with Crippen LogP contribution in [-0.2, 0) is 29.4 Å². The molecule has 3 rings (SSSR count). The molecule has 190 valence electrons. The van der Waals surface area contributed by atoms with E-state index >= 15 is 0 Å². The number of carbonyl (C=O) groups excluding carboxylic acids is 2. The molecule has 8 heteroatoms. The fraction of sp³-hybridized carbons (Fsp3) is 0.538. The second-order valence-electron chi connectivity index (χ2n) is 9.79. The predicted octanol–water partition coefficient (Wildman–Crippen LogP) is 5.81. The second kappa shape index (κ2) is 12.6. The van der Waals surface area contributed by atoms with Gasteiger partial charge >= 0.3 is 19.8 Å². The van der Waals surface area contributed by atoms with Gasteiger partial charge in [-0.2, -0.15) is 6.42 Å². The molecule has 0 radical (unpaired) electrons. The summed E-state index contributed by atoms with van der Waals surface area (Å²) in [6.45, 7) is 16.7. The molecule has 0 aliphatic heterocycles. The van der Waals surface area contributed by atoms with Crippen molar-refractivity contribution in [1.82, 2.24) is 5.32 Å². The fourth-order valence-corrected chi connectivity index (χ4v) is 4.75. The van der Waals surface area contributed by atoms with Gasteiger partial charge in [0, 0.05) is 11.5 Å². The van der Waals surface area contributed by atoms with Gasteiger partial charge in [0.05, 0.1) is 11.1 Å². The number of allylic oxidation sites excluding steroid dienone is 1. The maximum Gasteiger partial charge on any atom is 2.00 e. The number of amides is 2. The zero-order chi connectivity index (χ0) is 25.1. The van der Waals surface area contributed by atoms with Crippen molar-refractivity contribution in [2.24, 2.45) is 40.7 Å². The summed E-state index contributed by atoms with van der Waals surface area (Å²) < 4.78 is 29.1. The van der Waals surface area contributed by atoms with Gasteiger partial charge in [-0.3, -0.25) is 9.59 Å². The molecule has 3 N–H and O–H groups in total. The number of nitrogens with two attached hydrogens (primary N) is 1. The van der Waals surface area contributed by atoms with Crippen LogP contribution < -0.4 is 11.1 Å². The Kier molecular flexibility index (Phi) is 11.4. The van der Waals surface area contributed by atoms with E-state index in [-0.39, 0.29) is 54.0 Å². The van der Waals surface area contributed by atoms with Gasteiger partial charge in [0.1, 0.15) is 11.6 Å². The molecule has 0 aromatic heterocycles. The van der Waals surface area contributed by atoms with Gasteiger partial charge < -0.3 is 24.9 Å².